The topological polar surface area (TPSA) is 43.0 Å². The molecular formula is C19H30N2O3. The maximum absolute atomic E-state index is 5.79. The molecule has 1 atom stereocenters. The van der Waals surface area contributed by atoms with Gasteiger partial charge in [-0.3, -0.25) is 4.90 Å². The van der Waals surface area contributed by atoms with Crippen molar-refractivity contribution in [2.75, 3.05) is 47.5 Å². The molecule has 1 aromatic carbocycles. The highest BCUT2D eigenvalue weighted by atomic mass is 16.5. The average molecular weight is 334 g/mol. The van der Waals surface area contributed by atoms with Crippen molar-refractivity contribution in [3.63, 3.8) is 0 Å². The Hall–Kier alpha value is -1.46. The molecule has 1 aromatic rings. The molecule has 1 aliphatic carbocycles. The third-order valence-electron chi connectivity index (χ3n) is 5.44. The van der Waals surface area contributed by atoms with Gasteiger partial charge in [-0.2, -0.15) is 0 Å². The first-order chi connectivity index (χ1) is 11.8. The van der Waals surface area contributed by atoms with Crippen molar-refractivity contribution >= 4 is 0 Å². The fourth-order valence-electron chi connectivity index (χ4n) is 4.34. The summed E-state index contributed by atoms with van der Waals surface area (Å²) in [4.78, 5) is 2.62. The fourth-order valence-corrected chi connectivity index (χ4v) is 4.34. The largest absolute Gasteiger partial charge is 0.493 e. The Balaban J connectivity index is 2.02. The number of nitrogens with zero attached hydrogens (tertiary/aromatic N) is 1. The number of nitrogens with one attached hydrogen (secondary N) is 1. The van der Waals surface area contributed by atoms with Crippen LogP contribution in [0.2, 0.25) is 0 Å². The molecule has 0 radical (unpaired) electrons. The van der Waals surface area contributed by atoms with Gasteiger partial charge in [-0.05, 0) is 30.9 Å². The van der Waals surface area contributed by atoms with Gasteiger partial charge in [-0.15, -0.1) is 0 Å². The summed E-state index contributed by atoms with van der Waals surface area (Å²) in [6, 6.07) is 4.58. The second-order valence-corrected chi connectivity index (χ2v) is 6.70. The van der Waals surface area contributed by atoms with E-state index in [2.05, 4.69) is 16.3 Å². The van der Waals surface area contributed by atoms with Gasteiger partial charge in [0, 0.05) is 37.8 Å². The molecule has 0 amide bonds. The maximum Gasteiger partial charge on any atom is 0.203 e. The quantitative estimate of drug-likeness (QED) is 0.866. The van der Waals surface area contributed by atoms with Crippen LogP contribution in [-0.2, 0) is 0 Å². The highest BCUT2D eigenvalue weighted by molar-refractivity contribution is 5.57. The van der Waals surface area contributed by atoms with Crippen LogP contribution in [0.1, 0.15) is 37.3 Å². The van der Waals surface area contributed by atoms with E-state index in [1.807, 2.05) is 6.07 Å². The Bertz CT molecular complexity index is 538. The highest BCUT2D eigenvalue weighted by Crippen LogP contribution is 2.48. The molecule has 2 aliphatic rings. The van der Waals surface area contributed by atoms with Crippen molar-refractivity contribution in [1.29, 1.82) is 0 Å². The zero-order valence-electron chi connectivity index (χ0n) is 15.1. The summed E-state index contributed by atoms with van der Waals surface area (Å²) < 4.78 is 16.9. The number of hydrogen-bond acceptors (Lipinski definition) is 5. The van der Waals surface area contributed by atoms with E-state index in [0.29, 0.717) is 17.7 Å². The van der Waals surface area contributed by atoms with Crippen LogP contribution in [-0.4, -0.2) is 52.4 Å². The van der Waals surface area contributed by atoms with E-state index in [4.69, 9.17) is 14.2 Å². The molecule has 0 aromatic heterocycles. The average Bonchev–Trinajstić information content (AvgIpc) is 3.16. The summed E-state index contributed by atoms with van der Waals surface area (Å²) in [6.07, 6.45) is 5.27. The lowest BCUT2D eigenvalue weighted by Gasteiger charge is -2.39. The molecule has 1 heterocycles. The maximum atomic E-state index is 5.79. The number of benzene rings is 1. The predicted molar refractivity (Wildman–Crippen MR) is 95.2 cm³/mol. The molecule has 24 heavy (non-hydrogen) atoms. The lowest BCUT2D eigenvalue weighted by atomic mass is 9.88. The van der Waals surface area contributed by atoms with Crippen molar-refractivity contribution in [2.24, 2.45) is 5.92 Å². The van der Waals surface area contributed by atoms with Gasteiger partial charge >= 0.3 is 0 Å². The van der Waals surface area contributed by atoms with E-state index in [1.165, 1.54) is 31.2 Å². The van der Waals surface area contributed by atoms with Crippen LogP contribution in [0.4, 0.5) is 0 Å². The van der Waals surface area contributed by atoms with Crippen molar-refractivity contribution in [3.05, 3.63) is 17.7 Å². The van der Waals surface area contributed by atoms with Crippen molar-refractivity contribution in [2.45, 2.75) is 31.7 Å². The molecule has 2 fully saturated rings. The van der Waals surface area contributed by atoms with Gasteiger partial charge in [0.05, 0.1) is 21.3 Å². The lowest BCUT2D eigenvalue weighted by Crippen LogP contribution is -2.46. The predicted octanol–water partition coefficient (Wildman–Crippen LogP) is 2.85. The second-order valence-electron chi connectivity index (χ2n) is 6.70. The SMILES string of the molecule is COc1ccc([C@@H](C2CCCC2)N2CCNCC2)c(OC)c1OC. The summed E-state index contributed by atoms with van der Waals surface area (Å²) in [5.41, 5.74) is 1.24. The Morgan fingerprint density at radius 2 is 1.62 bits per heavy atom. The number of piperazine rings is 1. The minimum atomic E-state index is 0.393. The monoisotopic (exact) mass is 334 g/mol. The van der Waals surface area contributed by atoms with Crippen LogP contribution in [0, 0.1) is 5.92 Å². The molecular weight excluding hydrogens is 304 g/mol. The minimum Gasteiger partial charge on any atom is -0.493 e. The van der Waals surface area contributed by atoms with Gasteiger partial charge in [0.25, 0.3) is 0 Å². The van der Waals surface area contributed by atoms with E-state index in [-0.39, 0.29) is 0 Å². The van der Waals surface area contributed by atoms with Gasteiger partial charge in [0.15, 0.2) is 11.5 Å². The third kappa shape index (κ3) is 3.33. The third-order valence-corrected chi connectivity index (χ3v) is 5.44. The van der Waals surface area contributed by atoms with E-state index >= 15 is 0 Å². The van der Waals surface area contributed by atoms with Crippen LogP contribution in [0.5, 0.6) is 17.2 Å². The lowest BCUT2D eigenvalue weighted by molar-refractivity contribution is 0.122. The Labute approximate surface area is 145 Å². The Morgan fingerprint density at radius 3 is 2.21 bits per heavy atom. The number of ether oxygens (including phenoxy) is 3. The van der Waals surface area contributed by atoms with Crippen LogP contribution >= 0.6 is 0 Å². The van der Waals surface area contributed by atoms with Crippen molar-refractivity contribution < 1.29 is 14.2 Å². The molecule has 1 saturated heterocycles. The second kappa shape index (κ2) is 8.08. The number of rotatable bonds is 6. The van der Waals surface area contributed by atoms with Gasteiger partial charge in [0.2, 0.25) is 5.75 Å². The molecule has 1 N–H and O–H groups in total. The number of hydrogen-bond donors (Lipinski definition) is 1. The summed E-state index contributed by atoms with van der Waals surface area (Å²) >= 11 is 0. The molecule has 0 unspecified atom stereocenters. The van der Waals surface area contributed by atoms with Gasteiger partial charge in [-0.25, -0.2) is 0 Å². The standard InChI is InChI=1S/C19H30N2O3/c1-22-16-9-8-15(18(23-2)19(16)24-3)17(14-6-4-5-7-14)21-12-10-20-11-13-21/h8-9,14,17,20H,4-7,10-13H2,1-3H3/t17-/m1/s1. The molecule has 5 nitrogen and oxygen atoms in total. The smallest absolute Gasteiger partial charge is 0.203 e. The fraction of sp³-hybridized carbons (Fsp3) is 0.684. The van der Waals surface area contributed by atoms with Crippen molar-refractivity contribution in [1.82, 2.24) is 10.2 Å². The summed E-state index contributed by atoms with van der Waals surface area (Å²) in [5, 5.41) is 3.46. The zero-order chi connectivity index (χ0) is 16.9. The van der Waals surface area contributed by atoms with Gasteiger partial charge < -0.3 is 19.5 Å². The van der Waals surface area contributed by atoms with Crippen LogP contribution in [0.15, 0.2) is 12.1 Å². The first-order valence-corrected chi connectivity index (χ1v) is 9.03. The highest BCUT2D eigenvalue weighted by Gasteiger charge is 2.35. The molecule has 1 saturated carbocycles. The summed E-state index contributed by atoms with van der Waals surface area (Å²) in [5.74, 6) is 2.95. The van der Waals surface area contributed by atoms with Gasteiger partial charge in [0.1, 0.15) is 0 Å². The first-order valence-electron chi connectivity index (χ1n) is 9.03. The van der Waals surface area contributed by atoms with Crippen LogP contribution < -0.4 is 19.5 Å². The van der Waals surface area contributed by atoms with Gasteiger partial charge in [-0.1, -0.05) is 12.8 Å². The minimum absolute atomic E-state index is 0.393. The molecule has 0 bridgehead atoms. The Kier molecular flexibility index (Phi) is 5.85. The molecule has 0 spiro atoms. The van der Waals surface area contributed by atoms with E-state index < -0.39 is 0 Å². The molecule has 5 heteroatoms. The molecule has 1 aliphatic heterocycles. The van der Waals surface area contributed by atoms with Crippen LogP contribution in [0.3, 0.4) is 0 Å². The molecule has 134 valence electrons. The van der Waals surface area contributed by atoms with E-state index in [1.54, 1.807) is 21.3 Å². The van der Waals surface area contributed by atoms with Crippen molar-refractivity contribution in [3.8, 4) is 17.2 Å². The summed E-state index contributed by atoms with van der Waals surface area (Å²) in [7, 11) is 5.07. The molecule has 3 rings (SSSR count). The summed E-state index contributed by atoms with van der Waals surface area (Å²) in [6.45, 7) is 4.27. The Morgan fingerprint density at radius 1 is 0.958 bits per heavy atom. The zero-order valence-corrected chi connectivity index (χ0v) is 15.1. The van der Waals surface area contributed by atoms with Crippen LogP contribution in [0.25, 0.3) is 0 Å². The first kappa shape index (κ1) is 17.4. The number of methoxy groups -OCH3 is 3. The van der Waals surface area contributed by atoms with E-state index in [9.17, 15) is 0 Å². The normalized spacial score (nSPS) is 20.8. The van der Waals surface area contributed by atoms with E-state index in [0.717, 1.165) is 37.7 Å².